The van der Waals surface area contributed by atoms with Crippen molar-refractivity contribution in [3.05, 3.63) is 87.6 Å². The van der Waals surface area contributed by atoms with E-state index in [4.69, 9.17) is 4.74 Å². The van der Waals surface area contributed by atoms with Gasteiger partial charge in [0.1, 0.15) is 18.0 Å². The lowest BCUT2D eigenvalue weighted by molar-refractivity contribution is 0.223. The average molecular weight is 326 g/mol. The van der Waals surface area contributed by atoms with Crippen LogP contribution in [0.2, 0.25) is 0 Å². The van der Waals surface area contributed by atoms with Crippen LogP contribution in [0, 0.1) is 0 Å². The fourth-order valence-corrected chi connectivity index (χ4v) is 3.45. The van der Waals surface area contributed by atoms with E-state index in [0.717, 1.165) is 26.6 Å². The second-order valence-electron chi connectivity index (χ2n) is 5.23. The maximum Gasteiger partial charge on any atom is 0.118 e. The quantitative estimate of drug-likeness (QED) is 0.747. The van der Waals surface area contributed by atoms with E-state index in [0.29, 0.717) is 0 Å². The molecule has 3 aromatic rings. The van der Waals surface area contributed by atoms with E-state index in [9.17, 15) is 10.2 Å². The van der Waals surface area contributed by atoms with E-state index in [2.05, 4.69) is 0 Å². The smallest absolute Gasteiger partial charge is 0.118 e. The van der Waals surface area contributed by atoms with Crippen molar-refractivity contribution in [2.45, 2.75) is 12.2 Å². The molecule has 1 heterocycles. The second-order valence-corrected chi connectivity index (χ2v) is 6.38. The minimum absolute atomic E-state index is 0.669. The zero-order valence-corrected chi connectivity index (χ0v) is 13.5. The summed E-state index contributed by atoms with van der Waals surface area (Å²) in [6.07, 6.45) is -1.37. The first-order valence-corrected chi connectivity index (χ1v) is 8.15. The topological polar surface area (TPSA) is 49.7 Å². The van der Waals surface area contributed by atoms with Gasteiger partial charge in [-0.15, -0.1) is 11.3 Å². The van der Waals surface area contributed by atoms with Crippen molar-refractivity contribution in [1.29, 1.82) is 0 Å². The zero-order valence-electron chi connectivity index (χ0n) is 12.7. The summed E-state index contributed by atoms with van der Waals surface area (Å²) in [4.78, 5) is 1.62. The van der Waals surface area contributed by atoms with Crippen molar-refractivity contribution in [1.82, 2.24) is 0 Å². The van der Waals surface area contributed by atoms with Crippen molar-refractivity contribution in [2.75, 3.05) is 7.11 Å². The Morgan fingerprint density at radius 2 is 1.26 bits per heavy atom. The predicted octanol–water partition coefficient (Wildman–Crippen LogP) is 3.92. The fraction of sp³-hybridized carbons (Fsp3) is 0.158. The molecular weight excluding hydrogens is 308 g/mol. The lowest BCUT2D eigenvalue weighted by atomic mass is 10.1. The number of hydrogen-bond donors (Lipinski definition) is 2. The van der Waals surface area contributed by atoms with Crippen molar-refractivity contribution in [3.63, 3.8) is 0 Å². The lowest BCUT2D eigenvalue weighted by Crippen LogP contribution is -1.97. The average Bonchev–Trinajstić information content (AvgIpc) is 3.11. The van der Waals surface area contributed by atoms with Crippen LogP contribution >= 0.6 is 11.3 Å². The highest BCUT2D eigenvalue weighted by molar-refractivity contribution is 7.12. The van der Waals surface area contributed by atoms with Crippen LogP contribution in [0.25, 0.3) is 0 Å². The molecular formula is C19H18O3S. The van der Waals surface area contributed by atoms with Crippen LogP contribution in [-0.4, -0.2) is 17.3 Å². The number of thiophene rings is 1. The van der Waals surface area contributed by atoms with Crippen LogP contribution < -0.4 is 4.74 Å². The fourth-order valence-electron chi connectivity index (χ4n) is 2.41. The number of ether oxygens (including phenoxy) is 1. The molecule has 4 heteroatoms. The normalized spacial score (nSPS) is 13.5. The van der Waals surface area contributed by atoms with Crippen LogP contribution in [0.3, 0.4) is 0 Å². The molecule has 0 bridgehead atoms. The molecule has 3 rings (SSSR count). The van der Waals surface area contributed by atoms with Gasteiger partial charge in [-0.3, -0.25) is 0 Å². The molecule has 0 aliphatic rings. The van der Waals surface area contributed by atoms with Gasteiger partial charge in [0.15, 0.2) is 0 Å². The number of benzene rings is 2. The minimum atomic E-state index is -0.706. The van der Waals surface area contributed by atoms with Crippen LogP contribution in [-0.2, 0) is 0 Å². The first-order chi connectivity index (χ1) is 11.2. The minimum Gasteiger partial charge on any atom is -0.497 e. The monoisotopic (exact) mass is 326 g/mol. The molecule has 3 nitrogen and oxygen atoms in total. The molecule has 2 N–H and O–H groups in total. The first-order valence-electron chi connectivity index (χ1n) is 7.33. The molecule has 0 unspecified atom stereocenters. The molecule has 0 saturated carbocycles. The number of rotatable bonds is 5. The number of aliphatic hydroxyl groups is 2. The molecule has 0 radical (unpaired) electrons. The Morgan fingerprint density at radius 3 is 1.78 bits per heavy atom. The molecule has 2 atom stereocenters. The molecule has 0 amide bonds. The van der Waals surface area contributed by atoms with Crippen molar-refractivity contribution < 1.29 is 14.9 Å². The molecule has 0 aliphatic carbocycles. The van der Waals surface area contributed by atoms with Crippen LogP contribution in [0.1, 0.15) is 33.1 Å². The van der Waals surface area contributed by atoms with Crippen LogP contribution in [0.4, 0.5) is 0 Å². The van der Waals surface area contributed by atoms with Gasteiger partial charge in [-0.05, 0) is 35.4 Å². The Hall–Kier alpha value is -2.14. The van der Waals surface area contributed by atoms with Crippen LogP contribution in [0.5, 0.6) is 5.75 Å². The second kappa shape index (κ2) is 6.96. The summed E-state index contributed by atoms with van der Waals surface area (Å²) in [6, 6.07) is 20.6. The molecule has 1 aromatic heterocycles. The van der Waals surface area contributed by atoms with Gasteiger partial charge in [-0.1, -0.05) is 42.5 Å². The number of methoxy groups -OCH3 is 1. The van der Waals surface area contributed by atoms with E-state index in [-0.39, 0.29) is 0 Å². The summed E-state index contributed by atoms with van der Waals surface area (Å²) in [5.41, 5.74) is 1.65. The molecule has 118 valence electrons. The zero-order chi connectivity index (χ0) is 16.2. The van der Waals surface area contributed by atoms with Crippen LogP contribution in [0.15, 0.2) is 66.7 Å². The summed E-state index contributed by atoms with van der Waals surface area (Å²) in [5.74, 6) is 0.757. The van der Waals surface area contributed by atoms with Gasteiger partial charge < -0.3 is 14.9 Å². The van der Waals surface area contributed by atoms with Gasteiger partial charge in [0.25, 0.3) is 0 Å². The molecule has 0 saturated heterocycles. The summed E-state index contributed by atoms with van der Waals surface area (Å²) >= 11 is 1.42. The van der Waals surface area contributed by atoms with E-state index >= 15 is 0 Å². The molecule has 0 aliphatic heterocycles. The summed E-state index contributed by atoms with van der Waals surface area (Å²) in [6.45, 7) is 0. The Morgan fingerprint density at radius 1 is 0.739 bits per heavy atom. The molecule has 0 spiro atoms. The Labute approximate surface area is 139 Å². The maximum atomic E-state index is 10.5. The number of aliphatic hydroxyl groups excluding tert-OH is 2. The third-order valence-electron chi connectivity index (χ3n) is 3.73. The third kappa shape index (κ3) is 3.45. The number of hydrogen-bond acceptors (Lipinski definition) is 4. The maximum absolute atomic E-state index is 10.5. The largest absolute Gasteiger partial charge is 0.497 e. The van der Waals surface area contributed by atoms with E-state index in [1.807, 2.05) is 66.7 Å². The summed E-state index contributed by atoms with van der Waals surface area (Å²) in [7, 11) is 1.61. The molecule has 23 heavy (non-hydrogen) atoms. The van der Waals surface area contributed by atoms with Crippen molar-refractivity contribution in [2.24, 2.45) is 0 Å². The standard InChI is InChI=1S/C19H18O3S/c1-22-15-9-7-14(8-10-15)19(21)17-12-11-16(23-17)18(20)13-5-3-2-4-6-13/h2-12,18-21H,1H3/t18-,19+/m0/s1. The Kier molecular flexibility index (Phi) is 4.76. The van der Waals surface area contributed by atoms with Gasteiger partial charge in [-0.25, -0.2) is 0 Å². The highest BCUT2D eigenvalue weighted by atomic mass is 32.1. The van der Waals surface area contributed by atoms with Gasteiger partial charge in [0.2, 0.25) is 0 Å². The van der Waals surface area contributed by atoms with E-state index < -0.39 is 12.2 Å². The Balaban J connectivity index is 1.80. The van der Waals surface area contributed by atoms with E-state index in [1.54, 1.807) is 7.11 Å². The molecule has 2 aromatic carbocycles. The Bertz CT molecular complexity index is 750. The summed E-state index contributed by atoms with van der Waals surface area (Å²) < 4.78 is 5.13. The predicted molar refractivity (Wildman–Crippen MR) is 91.9 cm³/mol. The molecule has 0 fully saturated rings. The van der Waals surface area contributed by atoms with Gasteiger partial charge in [0, 0.05) is 9.75 Å². The van der Waals surface area contributed by atoms with E-state index in [1.165, 1.54) is 11.3 Å². The van der Waals surface area contributed by atoms with Gasteiger partial charge in [0.05, 0.1) is 7.11 Å². The van der Waals surface area contributed by atoms with Gasteiger partial charge >= 0.3 is 0 Å². The highest BCUT2D eigenvalue weighted by Gasteiger charge is 2.17. The SMILES string of the molecule is COc1ccc([C@@H](O)c2ccc([C@@H](O)c3ccccc3)s2)cc1. The van der Waals surface area contributed by atoms with Gasteiger partial charge in [-0.2, -0.15) is 0 Å². The highest BCUT2D eigenvalue weighted by Crippen LogP contribution is 2.34. The lowest BCUT2D eigenvalue weighted by Gasteiger charge is -2.11. The van der Waals surface area contributed by atoms with Crippen molar-refractivity contribution >= 4 is 11.3 Å². The first kappa shape index (κ1) is 15.7. The third-order valence-corrected chi connectivity index (χ3v) is 4.92. The summed E-state index contributed by atoms with van der Waals surface area (Å²) in [5, 5.41) is 20.9. The van der Waals surface area contributed by atoms with Crippen molar-refractivity contribution in [3.8, 4) is 5.75 Å².